The van der Waals surface area contributed by atoms with Crippen molar-refractivity contribution in [1.82, 2.24) is 0 Å². The number of ether oxygens (including phenoxy) is 4. The highest BCUT2D eigenvalue weighted by Gasteiger charge is 2.19. The van der Waals surface area contributed by atoms with Gasteiger partial charge < -0.3 is 24.3 Å². The highest BCUT2D eigenvalue weighted by molar-refractivity contribution is 6.04. The number of carbonyl (C=O) groups excluding carboxylic acids is 1. The molecule has 6 nitrogen and oxygen atoms in total. The van der Waals surface area contributed by atoms with Gasteiger partial charge in [0.2, 0.25) is 5.91 Å². The fraction of sp³-hybridized carbons (Fsp3) is 0.423. The first-order chi connectivity index (χ1) is 15.4. The smallest absolute Gasteiger partial charge is 0.248 e. The standard InChI is InChI=1S/C26H31NO5/c1-26(2,3)20-7-4-18(5-8-20)19(6-11-25-31-14-15-32-25)16-24(28)27-21-9-10-22-23(17-21)30-13-12-29-22/h4-5,7-10,16-17,25H,6,11-15H2,1-3H3,(H,27,28). The molecule has 0 radical (unpaired) electrons. The molecule has 1 saturated heterocycles. The second-order valence-electron chi connectivity index (χ2n) is 9.05. The molecule has 4 rings (SSSR count). The number of carbonyl (C=O) groups is 1. The minimum atomic E-state index is -0.215. The third-order valence-electron chi connectivity index (χ3n) is 5.58. The molecule has 0 atom stereocenters. The Balaban J connectivity index is 1.51. The summed E-state index contributed by atoms with van der Waals surface area (Å²) in [6, 6.07) is 13.8. The van der Waals surface area contributed by atoms with E-state index in [0.29, 0.717) is 56.5 Å². The third-order valence-corrected chi connectivity index (χ3v) is 5.58. The molecule has 2 aliphatic rings. The molecule has 2 aliphatic heterocycles. The minimum Gasteiger partial charge on any atom is -0.486 e. The zero-order chi connectivity index (χ0) is 22.6. The van der Waals surface area contributed by atoms with Gasteiger partial charge in [-0.1, -0.05) is 45.0 Å². The molecule has 0 spiro atoms. The van der Waals surface area contributed by atoms with Crippen molar-refractivity contribution in [2.45, 2.75) is 45.3 Å². The molecule has 2 heterocycles. The quantitative estimate of drug-likeness (QED) is 0.649. The summed E-state index contributed by atoms with van der Waals surface area (Å²) in [5, 5.41) is 2.94. The van der Waals surface area contributed by atoms with E-state index in [1.165, 1.54) is 5.56 Å². The van der Waals surface area contributed by atoms with E-state index in [0.717, 1.165) is 11.1 Å². The number of nitrogens with one attached hydrogen (secondary N) is 1. The summed E-state index contributed by atoms with van der Waals surface area (Å²) in [6.45, 7) is 8.84. The zero-order valence-electron chi connectivity index (χ0n) is 19.0. The van der Waals surface area contributed by atoms with E-state index in [1.807, 2.05) is 12.1 Å². The fourth-order valence-corrected chi connectivity index (χ4v) is 3.79. The summed E-state index contributed by atoms with van der Waals surface area (Å²) in [6.07, 6.45) is 2.82. The molecule has 0 unspecified atom stereocenters. The summed E-state index contributed by atoms with van der Waals surface area (Å²) in [5.74, 6) is 1.15. The van der Waals surface area contributed by atoms with Crippen molar-refractivity contribution in [2.24, 2.45) is 0 Å². The lowest BCUT2D eigenvalue weighted by molar-refractivity contribution is -0.111. The molecule has 0 aliphatic carbocycles. The molecular formula is C26H31NO5. The first-order valence-corrected chi connectivity index (χ1v) is 11.1. The highest BCUT2D eigenvalue weighted by Crippen LogP contribution is 2.33. The summed E-state index contributed by atoms with van der Waals surface area (Å²) < 4.78 is 22.3. The first kappa shape index (κ1) is 22.4. The van der Waals surface area contributed by atoms with Crippen molar-refractivity contribution < 1.29 is 23.7 Å². The van der Waals surface area contributed by atoms with E-state index in [2.05, 4.69) is 50.4 Å². The van der Waals surface area contributed by atoms with Gasteiger partial charge >= 0.3 is 0 Å². The molecule has 2 aromatic rings. The second-order valence-corrected chi connectivity index (χ2v) is 9.05. The van der Waals surface area contributed by atoms with Crippen LogP contribution in [0.5, 0.6) is 11.5 Å². The maximum Gasteiger partial charge on any atom is 0.248 e. The Hall–Kier alpha value is -2.83. The van der Waals surface area contributed by atoms with Crippen molar-refractivity contribution in [3.63, 3.8) is 0 Å². The van der Waals surface area contributed by atoms with Crippen molar-refractivity contribution >= 4 is 17.2 Å². The maximum absolute atomic E-state index is 12.9. The SMILES string of the molecule is CC(C)(C)c1ccc(C(=CC(=O)Nc2ccc3c(c2)OCCO3)CCC2OCCO2)cc1. The van der Waals surface area contributed by atoms with E-state index in [1.54, 1.807) is 12.1 Å². The van der Waals surface area contributed by atoms with Crippen LogP contribution in [0, 0.1) is 0 Å². The van der Waals surface area contributed by atoms with Gasteiger partial charge in [-0.25, -0.2) is 0 Å². The van der Waals surface area contributed by atoms with E-state index >= 15 is 0 Å². The van der Waals surface area contributed by atoms with Crippen molar-refractivity contribution in [3.05, 3.63) is 59.7 Å². The van der Waals surface area contributed by atoms with Gasteiger partial charge in [0, 0.05) is 24.3 Å². The number of allylic oxidation sites excluding steroid dienone is 1. The van der Waals surface area contributed by atoms with Crippen LogP contribution in [-0.4, -0.2) is 38.6 Å². The van der Waals surface area contributed by atoms with E-state index < -0.39 is 0 Å². The Morgan fingerprint density at radius 2 is 1.66 bits per heavy atom. The lowest BCUT2D eigenvalue weighted by Gasteiger charge is -2.20. The van der Waals surface area contributed by atoms with Gasteiger partial charge in [0.05, 0.1) is 13.2 Å². The Kier molecular flexibility index (Phi) is 6.82. The van der Waals surface area contributed by atoms with Crippen LogP contribution in [0.25, 0.3) is 5.57 Å². The first-order valence-electron chi connectivity index (χ1n) is 11.1. The molecule has 0 saturated carbocycles. The van der Waals surface area contributed by atoms with Gasteiger partial charge in [-0.2, -0.15) is 0 Å². The normalized spacial score (nSPS) is 16.8. The van der Waals surface area contributed by atoms with Crippen LogP contribution in [0.4, 0.5) is 5.69 Å². The second kappa shape index (κ2) is 9.76. The van der Waals surface area contributed by atoms with Gasteiger partial charge in [0.1, 0.15) is 13.2 Å². The van der Waals surface area contributed by atoms with E-state index in [-0.39, 0.29) is 17.6 Å². The van der Waals surface area contributed by atoms with Crippen molar-refractivity contribution in [3.8, 4) is 11.5 Å². The third kappa shape index (κ3) is 5.69. The average molecular weight is 438 g/mol. The largest absolute Gasteiger partial charge is 0.486 e. The van der Waals surface area contributed by atoms with Gasteiger partial charge in [0.15, 0.2) is 17.8 Å². The number of hydrogen-bond donors (Lipinski definition) is 1. The highest BCUT2D eigenvalue weighted by atomic mass is 16.7. The van der Waals surface area contributed by atoms with Crippen molar-refractivity contribution in [1.29, 1.82) is 0 Å². The Morgan fingerprint density at radius 1 is 0.969 bits per heavy atom. The molecule has 1 N–H and O–H groups in total. The zero-order valence-corrected chi connectivity index (χ0v) is 19.0. The van der Waals surface area contributed by atoms with Gasteiger partial charge in [-0.05, 0) is 40.7 Å². The number of fused-ring (bicyclic) bond motifs is 1. The molecular weight excluding hydrogens is 406 g/mol. The number of anilines is 1. The molecule has 170 valence electrons. The lowest BCUT2D eigenvalue weighted by Crippen LogP contribution is -2.16. The molecule has 1 amide bonds. The molecule has 32 heavy (non-hydrogen) atoms. The van der Waals surface area contributed by atoms with Crippen LogP contribution >= 0.6 is 0 Å². The minimum absolute atomic E-state index is 0.0730. The van der Waals surface area contributed by atoms with Crippen LogP contribution < -0.4 is 14.8 Å². The predicted molar refractivity (Wildman–Crippen MR) is 124 cm³/mol. The number of benzene rings is 2. The number of rotatable bonds is 6. The number of hydrogen-bond acceptors (Lipinski definition) is 5. The van der Waals surface area contributed by atoms with E-state index in [9.17, 15) is 4.79 Å². The molecule has 2 aromatic carbocycles. The van der Waals surface area contributed by atoms with Crippen LogP contribution in [0.2, 0.25) is 0 Å². The van der Waals surface area contributed by atoms with Gasteiger partial charge in [0.25, 0.3) is 0 Å². The van der Waals surface area contributed by atoms with Crippen LogP contribution in [0.15, 0.2) is 48.5 Å². The van der Waals surface area contributed by atoms with Crippen LogP contribution in [-0.2, 0) is 19.7 Å². The summed E-state index contributed by atoms with van der Waals surface area (Å²) >= 11 is 0. The van der Waals surface area contributed by atoms with Crippen LogP contribution in [0.1, 0.15) is 44.7 Å². The molecule has 6 heteroatoms. The summed E-state index contributed by atoms with van der Waals surface area (Å²) in [4.78, 5) is 12.9. The monoisotopic (exact) mass is 437 g/mol. The van der Waals surface area contributed by atoms with E-state index in [4.69, 9.17) is 18.9 Å². The van der Waals surface area contributed by atoms with Crippen molar-refractivity contribution in [2.75, 3.05) is 31.7 Å². The topological polar surface area (TPSA) is 66.0 Å². The summed E-state index contributed by atoms with van der Waals surface area (Å²) in [7, 11) is 0. The van der Waals surface area contributed by atoms with Gasteiger partial charge in [-0.3, -0.25) is 4.79 Å². The van der Waals surface area contributed by atoms with Crippen LogP contribution in [0.3, 0.4) is 0 Å². The lowest BCUT2D eigenvalue weighted by atomic mass is 9.86. The summed E-state index contributed by atoms with van der Waals surface area (Å²) in [5.41, 5.74) is 3.96. The maximum atomic E-state index is 12.9. The Bertz CT molecular complexity index is 969. The average Bonchev–Trinajstić information content (AvgIpc) is 3.30. The Labute approximate surface area is 189 Å². The Morgan fingerprint density at radius 3 is 2.34 bits per heavy atom. The molecule has 0 aromatic heterocycles. The van der Waals surface area contributed by atoms with Gasteiger partial charge in [-0.15, -0.1) is 0 Å². The number of amides is 1. The molecule has 1 fully saturated rings. The predicted octanol–water partition coefficient (Wildman–Crippen LogP) is 4.93. The fourth-order valence-electron chi connectivity index (χ4n) is 3.79. The molecule has 0 bridgehead atoms.